The molecule has 2 aromatic heterocycles. The Balaban J connectivity index is 1.87. The zero-order valence-electron chi connectivity index (χ0n) is 10.3. The van der Waals surface area contributed by atoms with Gasteiger partial charge in [-0.3, -0.25) is 4.79 Å². The van der Waals surface area contributed by atoms with Crippen molar-refractivity contribution >= 4 is 33.3 Å². The van der Waals surface area contributed by atoms with Crippen molar-refractivity contribution < 1.29 is 4.79 Å². The van der Waals surface area contributed by atoms with Crippen molar-refractivity contribution in [2.45, 2.75) is 6.92 Å². The Hall–Kier alpha value is -2.27. The minimum atomic E-state index is -0.223. The smallest absolute Gasteiger partial charge is 0.285 e. The molecule has 0 aliphatic carbocycles. The third-order valence-corrected chi connectivity index (χ3v) is 3.65. The van der Waals surface area contributed by atoms with Gasteiger partial charge in [0, 0.05) is 5.69 Å². The number of rotatable bonds is 2. The van der Waals surface area contributed by atoms with Gasteiger partial charge in [-0.15, -0.1) is 11.3 Å². The topological polar surface area (TPSA) is 54.9 Å². The van der Waals surface area contributed by atoms with Crippen LogP contribution >= 0.6 is 11.3 Å². The van der Waals surface area contributed by atoms with Crippen LogP contribution in [0.15, 0.2) is 42.5 Å². The second kappa shape index (κ2) is 4.78. The summed E-state index contributed by atoms with van der Waals surface area (Å²) in [6, 6.07) is 13.2. The number of pyridine rings is 1. The minimum Gasteiger partial charge on any atom is -0.304 e. The molecule has 0 aliphatic rings. The number of nitrogens with zero attached hydrogens (tertiary/aromatic N) is 2. The average Bonchev–Trinajstić information content (AvgIpc) is 2.82. The Morgan fingerprint density at radius 2 is 1.95 bits per heavy atom. The monoisotopic (exact) mass is 269 g/mol. The van der Waals surface area contributed by atoms with Gasteiger partial charge in [-0.05, 0) is 31.2 Å². The molecule has 1 aromatic carbocycles. The Kier molecular flexibility index (Phi) is 2.97. The fourth-order valence-electron chi connectivity index (χ4n) is 1.75. The molecule has 0 saturated heterocycles. The highest BCUT2D eigenvalue weighted by atomic mass is 32.1. The van der Waals surface area contributed by atoms with Crippen LogP contribution in [-0.4, -0.2) is 15.9 Å². The van der Waals surface area contributed by atoms with Crippen molar-refractivity contribution in [2.24, 2.45) is 0 Å². The summed E-state index contributed by atoms with van der Waals surface area (Å²) in [6.07, 6.45) is 0. The fraction of sp³-hybridized carbons (Fsp3) is 0.0714. The molecule has 3 aromatic rings. The lowest BCUT2D eigenvalue weighted by Crippen LogP contribution is -2.12. The number of anilines is 1. The molecule has 0 radical (unpaired) electrons. The van der Waals surface area contributed by atoms with Gasteiger partial charge in [0.05, 0.1) is 10.2 Å². The highest BCUT2D eigenvalue weighted by Crippen LogP contribution is 2.22. The Bertz CT molecular complexity index is 718. The van der Waals surface area contributed by atoms with Gasteiger partial charge in [0.25, 0.3) is 5.91 Å². The maximum absolute atomic E-state index is 12.1. The predicted octanol–water partition coefficient (Wildman–Crippen LogP) is 3.25. The molecule has 4 nitrogen and oxygen atoms in total. The summed E-state index contributed by atoms with van der Waals surface area (Å²) in [4.78, 5) is 20.6. The van der Waals surface area contributed by atoms with Crippen LogP contribution in [0.1, 0.15) is 15.5 Å². The molecular formula is C14H11N3OS. The lowest BCUT2D eigenvalue weighted by atomic mass is 10.3. The Labute approximate surface area is 114 Å². The van der Waals surface area contributed by atoms with E-state index in [-0.39, 0.29) is 5.91 Å². The van der Waals surface area contributed by atoms with E-state index < -0.39 is 0 Å². The lowest BCUT2D eigenvalue weighted by Gasteiger charge is -2.02. The van der Waals surface area contributed by atoms with Crippen LogP contribution < -0.4 is 5.32 Å². The molecule has 0 unspecified atom stereocenters. The van der Waals surface area contributed by atoms with Crippen LogP contribution in [0.25, 0.3) is 10.2 Å². The predicted molar refractivity (Wildman–Crippen MR) is 76.5 cm³/mol. The summed E-state index contributed by atoms with van der Waals surface area (Å²) in [5.74, 6) is 0.323. The zero-order chi connectivity index (χ0) is 13.2. The van der Waals surface area contributed by atoms with Crippen LogP contribution in [0.2, 0.25) is 0 Å². The summed E-state index contributed by atoms with van der Waals surface area (Å²) in [6.45, 7) is 1.88. The molecule has 0 bridgehead atoms. The molecule has 1 N–H and O–H groups in total. The molecule has 0 atom stereocenters. The molecule has 0 saturated carbocycles. The molecule has 1 amide bonds. The van der Waals surface area contributed by atoms with E-state index >= 15 is 0 Å². The van der Waals surface area contributed by atoms with Gasteiger partial charge < -0.3 is 5.32 Å². The first kappa shape index (κ1) is 11.8. The maximum atomic E-state index is 12.1. The van der Waals surface area contributed by atoms with Gasteiger partial charge in [-0.25, -0.2) is 9.97 Å². The number of hydrogen-bond acceptors (Lipinski definition) is 4. The third-order valence-electron chi connectivity index (χ3n) is 2.62. The van der Waals surface area contributed by atoms with E-state index in [9.17, 15) is 4.79 Å². The molecule has 0 aliphatic heterocycles. The van der Waals surface area contributed by atoms with Crippen LogP contribution in [0, 0.1) is 6.92 Å². The van der Waals surface area contributed by atoms with E-state index in [2.05, 4.69) is 15.3 Å². The number of para-hydroxylation sites is 1. The van der Waals surface area contributed by atoms with E-state index in [0.717, 1.165) is 15.9 Å². The average molecular weight is 269 g/mol. The van der Waals surface area contributed by atoms with Crippen molar-refractivity contribution in [3.05, 3.63) is 53.2 Å². The number of amides is 1. The van der Waals surface area contributed by atoms with Crippen LogP contribution in [0.5, 0.6) is 0 Å². The second-order valence-electron chi connectivity index (χ2n) is 4.11. The SMILES string of the molecule is Cc1cccc(NC(=O)c2nc3ccccc3s2)n1. The molecule has 19 heavy (non-hydrogen) atoms. The zero-order valence-corrected chi connectivity index (χ0v) is 11.1. The van der Waals surface area contributed by atoms with Gasteiger partial charge in [-0.1, -0.05) is 18.2 Å². The largest absolute Gasteiger partial charge is 0.304 e. The van der Waals surface area contributed by atoms with Crippen molar-refractivity contribution in [2.75, 3.05) is 5.32 Å². The number of carbonyl (C=O) groups is 1. The van der Waals surface area contributed by atoms with Crippen LogP contribution in [0.4, 0.5) is 5.82 Å². The number of nitrogens with one attached hydrogen (secondary N) is 1. The number of aromatic nitrogens is 2. The number of aryl methyl sites for hydroxylation is 1. The molecular weight excluding hydrogens is 258 g/mol. The van der Waals surface area contributed by atoms with Gasteiger partial charge in [-0.2, -0.15) is 0 Å². The van der Waals surface area contributed by atoms with E-state index in [4.69, 9.17) is 0 Å². The van der Waals surface area contributed by atoms with Crippen molar-refractivity contribution in [3.63, 3.8) is 0 Å². The minimum absolute atomic E-state index is 0.223. The van der Waals surface area contributed by atoms with E-state index in [1.807, 2.05) is 43.3 Å². The molecule has 5 heteroatoms. The molecule has 3 rings (SSSR count). The Morgan fingerprint density at radius 1 is 1.11 bits per heavy atom. The first-order valence-electron chi connectivity index (χ1n) is 5.83. The van der Waals surface area contributed by atoms with Crippen LogP contribution in [0.3, 0.4) is 0 Å². The van der Waals surface area contributed by atoms with E-state index in [1.165, 1.54) is 11.3 Å². The van der Waals surface area contributed by atoms with Gasteiger partial charge in [0.15, 0.2) is 5.01 Å². The number of carbonyl (C=O) groups excluding carboxylic acids is 1. The van der Waals surface area contributed by atoms with Crippen molar-refractivity contribution in [1.29, 1.82) is 0 Å². The maximum Gasteiger partial charge on any atom is 0.285 e. The molecule has 94 valence electrons. The number of hydrogen-bond donors (Lipinski definition) is 1. The summed E-state index contributed by atoms with van der Waals surface area (Å²) in [7, 11) is 0. The third kappa shape index (κ3) is 2.46. The first-order valence-corrected chi connectivity index (χ1v) is 6.64. The van der Waals surface area contributed by atoms with E-state index in [0.29, 0.717) is 10.8 Å². The molecule has 2 heterocycles. The normalized spacial score (nSPS) is 10.6. The van der Waals surface area contributed by atoms with Gasteiger partial charge in [0.2, 0.25) is 0 Å². The quantitative estimate of drug-likeness (QED) is 0.777. The fourth-order valence-corrected chi connectivity index (χ4v) is 2.61. The number of benzene rings is 1. The summed E-state index contributed by atoms with van der Waals surface area (Å²) in [5.41, 5.74) is 1.71. The van der Waals surface area contributed by atoms with Crippen LogP contribution in [-0.2, 0) is 0 Å². The first-order chi connectivity index (χ1) is 9.22. The summed E-state index contributed by atoms with van der Waals surface area (Å²) < 4.78 is 1.00. The summed E-state index contributed by atoms with van der Waals surface area (Å²) >= 11 is 1.38. The lowest BCUT2D eigenvalue weighted by molar-refractivity contribution is 0.102. The Morgan fingerprint density at radius 3 is 2.74 bits per heavy atom. The standard InChI is InChI=1S/C14H11N3OS/c1-9-5-4-8-12(15-9)17-13(18)14-16-10-6-2-3-7-11(10)19-14/h2-8H,1H3,(H,15,17,18). The van der Waals surface area contributed by atoms with Crippen molar-refractivity contribution in [3.8, 4) is 0 Å². The summed E-state index contributed by atoms with van der Waals surface area (Å²) in [5, 5.41) is 3.21. The second-order valence-corrected chi connectivity index (χ2v) is 5.14. The van der Waals surface area contributed by atoms with Crippen molar-refractivity contribution in [1.82, 2.24) is 9.97 Å². The van der Waals surface area contributed by atoms with E-state index in [1.54, 1.807) is 6.07 Å². The number of fused-ring (bicyclic) bond motifs is 1. The highest BCUT2D eigenvalue weighted by Gasteiger charge is 2.12. The molecule has 0 spiro atoms. The van der Waals surface area contributed by atoms with Gasteiger partial charge in [0.1, 0.15) is 5.82 Å². The molecule has 0 fully saturated rings. The van der Waals surface area contributed by atoms with Gasteiger partial charge >= 0.3 is 0 Å². The number of thiazole rings is 1. The highest BCUT2D eigenvalue weighted by molar-refractivity contribution is 7.20.